The molecule has 0 amide bonds. The third-order valence-corrected chi connectivity index (χ3v) is 3.26. The van der Waals surface area contributed by atoms with Crippen LogP contribution in [0.25, 0.3) is 0 Å². The second-order valence-electron chi connectivity index (χ2n) is 3.85. The lowest BCUT2D eigenvalue weighted by molar-refractivity contribution is -0.138. The normalized spacial score (nSPS) is 11.5. The molecule has 0 heterocycles. The van der Waals surface area contributed by atoms with Gasteiger partial charge in [0.2, 0.25) is 0 Å². The fourth-order valence-corrected chi connectivity index (χ4v) is 2.31. The third kappa shape index (κ3) is 3.73. The molecule has 2 rings (SSSR count). The van der Waals surface area contributed by atoms with Gasteiger partial charge in [0, 0.05) is 15.0 Å². The lowest BCUT2D eigenvalue weighted by atomic mass is 10.2. The Kier molecular flexibility index (Phi) is 4.39. The highest BCUT2D eigenvalue weighted by atomic mass is 79.9. The first kappa shape index (κ1) is 15.3. The minimum Gasteiger partial charge on any atom is -0.457 e. The quantitative estimate of drug-likeness (QED) is 0.535. The van der Waals surface area contributed by atoms with Gasteiger partial charge in [-0.1, -0.05) is 31.9 Å². The number of rotatable bonds is 2. The molecule has 0 radical (unpaired) electrons. The maximum Gasteiger partial charge on any atom is 0.419 e. The number of hydrogen-bond acceptors (Lipinski definition) is 1. The Morgan fingerprint density at radius 2 is 1.60 bits per heavy atom. The fraction of sp³-hybridized carbons (Fsp3) is 0.0769. The Balaban J connectivity index is 2.44. The van der Waals surface area contributed by atoms with Gasteiger partial charge >= 0.3 is 6.18 Å². The zero-order chi connectivity index (χ0) is 14.9. The smallest absolute Gasteiger partial charge is 0.419 e. The second kappa shape index (κ2) is 5.73. The molecule has 7 heteroatoms. The van der Waals surface area contributed by atoms with Crippen LogP contribution in [0.2, 0.25) is 0 Å². The highest BCUT2D eigenvalue weighted by Crippen LogP contribution is 2.39. The van der Waals surface area contributed by atoms with Crippen molar-refractivity contribution in [1.82, 2.24) is 0 Å². The molecule has 1 nitrogen and oxygen atoms in total. The van der Waals surface area contributed by atoms with Crippen LogP contribution >= 0.6 is 31.9 Å². The van der Waals surface area contributed by atoms with Crippen molar-refractivity contribution in [1.29, 1.82) is 0 Å². The van der Waals surface area contributed by atoms with Gasteiger partial charge in [0.15, 0.2) is 0 Å². The van der Waals surface area contributed by atoms with Crippen LogP contribution in [0.3, 0.4) is 0 Å². The van der Waals surface area contributed by atoms with E-state index in [-0.39, 0.29) is 5.75 Å². The summed E-state index contributed by atoms with van der Waals surface area (Å²) < 4.78 is 57.7. The summed E-state index contributed by atoms with van der Waals surface area (Å²) in [6.45, 7) is 0. The summed E-state index contributed by atoms with van der Waals surface area (Å²) in [5, 5.41) is 0. The van der Waals surface area contributed by atoms with Gasteiger partial charge in [-0.15, -0.1) is 0 Å². The third-order valence-electron chi connectivity index (χ3n) is 2.31. The van der Waals surface area contributed by atoms with Crippen molar-refractivity contribution in [2.45, 2.75) is 6.18 Å². The van der Waals surface area contributed by atoms with Crippen LogP contribution in [0.4, 0.5) is 17.6 Å². The molecule has 2 aromatic rings. The van der Waals surface area contributed by atoms with Crippen molar-refractivity contribution in [3.05, 3.63) is 56.7 Å². The Hall–Kier alpha value is -1.08. The molecule has 0 fully saturated rings. The Bertz CT molecular complexity index is 621. The van der Waals surface area contributed by atoms with E-state index in [0.717, 1.165) is 12.1 Å². The Morgan fingerprint density at radius 1 is 0.900 bits per heavy atom. The molecule has 0 aromatic heterocycles. The molecule has 2 aromatic carbocycles. The van der Waals surface area contributed by atoms with E-state index in [1.54, 1.807) is 0 Å². The summed E-state index contributed by atoms with van der Waals surface area (Å²) >= 11 is 6.12. The lowest BCUT2D eigenvalue weighted by Crippen LogP contribution is -2.07. The monoisotopic (exact) mass is 412 g/mol. The molecule has 0 unspecified atom stereocenters. The van der Waals surface area contributed by atoms with Gasteiger partial charge in [0.05, 0.1) is 5.56 Å². The van der Waals surface area contributed by atoms with E-state index in [1.165, 1.54) is 24.3 Å². The average molecular weight is 414 g/mol. The van der Waals surface area contributed by atoms with Gasteiger partial charge in [-0.2, -0.15) is 13.2 Å². The fourth-order valence-electron chi connectivity index (χ4n) is 1.53. The largest absolute Gasteiger partial charge is 0.457 e. The average Bonchev–Trinajstić information content (AvgIpc) is 2.25. The zero-order valence-corrected chi connectivity index (χ0v) is 12.8. The number of halogens is 6. The predicted octanol–water partition coefficient (Wildman–Crippen LogP) is 6.16. The van der Waals surface area contributed by atoms with Gasteiger partial charge in [0.25, 0.3) is 0 Å². The number of hydrogen-bond donors (Lipinski definition) is 0. The van der Waals surface area contributed by atoms with E-state index in [9.17, 15) is 17.6 Å². The van der Waals surface area contributed by atoms with E-state index >= 15 is 0 Å². The minimum atomic E-state index is -4.55. The van der Waals surface area contributed by atoms with Gasteiger partial charge in [-0.05, 0) is 30.3 Å². The number of benzene rings is 2. The summed E-state index contributed by atoms with van der Waals surface area (Å²) in [7, 11) is 0. The van der Waals surface area contributed by atoms with Crippen LogP contribution in [0.1, 0.15) is 5.56 Å². The van der Waals surface area contributed by atoms with Crippen molar-refractivity contribution >= 4 is 31.9 Å². The van der Waals surface area contributed by atoms with Crippen molar-refractivity contribution < 1.29 is 22.3 Å². The number of ether oxygens (including phenoxy) is 1. The first-order valence-electron chi connectivity index (χ1n) is 5.26. The summed E-state index contributed by atoms with van der Waals surface area (Å²) in [6.07, 6.45) is -4.55. The van der Waals surface area contributed by atoms with E-state index in [4.69, 9.17) is 4.74 Å². The molecule has 0 saturated heterocycles. The molecule has 0 spiro atoms. The van der Waals surface area contributed by atoms with Crippen LogP contribution < -0.4 is 4.74 Å². The molecule has 0 aliphatic rings. The molecule has 0 aliphatic heterocycles. The van der Waals surface area contributed by atoms with Crippen LogP contribution in [0.15, 0.2) is 45.3 Å². The van der Waals surface area contributed by atoms with E-state index < -0.39 is 23.3 Å². The molecule has 0 aliphatic carbocycles. The first-order chi connectivity index (χ1) is 9.25. The summed E-state index contributed by atoms with van der Waals surface area (Å²) in [6, 6.07) is 6.90. The van der Waals surface area contributed by atoms with E-state index in [1.807, 2.05) is 0 Å². The second-order valence-corrected chi connectivity index (χ2v) is 5.68. The maximum atomic E-state index is 13.2. The highest BCUT2D eigenvalue weighted by molar-refractivity contribution is 9.10. The highest BCUT2D eigenvalue weighted by Gasteiger charge is 2.34. The zero-order valence-electron chi connectivity index (χ0n) is 9.64. The minimum absolute atomic E-state index is 0.0273. The molecule has 0 saturated carbocycles. The molecular formula is C13H6Br2F4O. The first-order valence-corrected chi connectivity index (χ1v) is 6.85. The molecule has 106 valence electrons. The topological polar surface area (TPSA) is 9.23 Å². The Labute approximate surface area is 128 Å². The van der Waals surface area contributed by atoms with Crippen LogP contribution in [0, 0.1) is 5.82 Å². The Morgan fingerprint density at radius 3 is 2.20 bits per heavy atom. The van der Waals surface area contributed by atoms with Crippen molar-refractivity contribution in [2.75, 3.05) is 0 Å². The number of alkyl halides is 3. The van der Waals surface area contributed by atoms with Crippen molar-refractivity contribution in [2.24, 2.45) is 0 Å². The standard InChI is InChI=1S/C13H6Br2F4O/c14-7-1-2-11(13(17,18)19)12(5-7)20-10-4-8(15)3-9(16)6-10/h1-6H. The SMILES string of the molecule is Fc1cc(Br)cc(Oc2cc(Br)ccc2C(F)(F)F)c1. The van der Waals surface area contributed by atoms with Crippen LogP contribution in [-0.2, 0) is 6.18 Å². The molecule has 0 N–H and O–H groups in total. The summed E-state index contributed by atoms with van der Waals surface area (Å²) in [4.78, 5) is 0. The molecule has 20 heavy (non-hydrogen) atoms. The summed E-state index contributed by atoms with van der Waals surface area (Å²) in [5.74, 6) is -1.04. The summed E-state index contributed by atoms with van der Waals surface area (Å²) in [5.41, 5.74) is -0.930. The van der Waals surface area contributed by atoms with Gasteiger partial charge in [0.1, 0.15) is 17.3 Å². The maximum absolute atomic E-state index is 13.2. The van der Waals surface area contributed by atoms with Gasteiger partial charge < -0.3 is 4.74 Å². The van der Waals surface area contributed by atoms with Gasteiger partial charge in [-0.25, -0.2) is 4.39 Å². The van der Waals surface area contributed by atoms with Crippen LogP contribution in [0.5, 0.6) is 11.5 Å². The molecule has 0 atom stereocenters. The van der Waals surface area contributed by atoms with Crippen molar-refractivity contribution in [3.63, 3.8) is 0 Å². The molecule has 0 bridgehead atoms. The van der Waals surface area contributed by atoms with Gasteiger partial charge in [-0.3, -0.25) is 0 Å². The van der Waals surface area contributed by atoms with E-state index in [0.29, 0.717) is 8.95 Å². The van der Waals surface area contributed by atoms with Crippen molar-refractivity contribution in [3.8, 4) is 11.5 Å². The predicted molar refractivity (Wildman–Crippen MR) is 73.3 cm³/mol. The molecular weight excluding hydrogens is 408 g/mol. The van der Waals surface area contributed by atoms with E-state index in [2.05, 4.69) is 31.9 Å². The lowest BCUT2D eigenvalue weighted by Gasteiger charge is -2.14. The van der Waals surface area contributed by atoms with Crippen LogP contribution in [-0.4, -0.2) is 0 Å².